The number of aliphatic hydroxyl groups is 1. The number of nitrogens with one attached hydrogen (secondary N) is 1. The molecule has 0 bridgehead atoms. The number of anilines is 2. The third kappa shape index (κ3) is 5.66. The molecule has 9 nitrogen and oxygen atoms in total. The number of ether oxygens (including phenoxy) is 1. The largest absolute Gasteiger partial charge is 0.478 e. The van der Waals surface area contributed by atoms with Crippen LogP contribution in [0.15, 0.2) is 53.3 Å². The Labute approximate surface area is 240 Å². The Morgan fingerprint density at radius 2 is 1.93 bits per heavy atom. The van der Waals surface area contributed by atoms with Crippen LogP contribution >= 0.6 is 23.2 Å². The number of hydrogen-bond acceptors (Lipinski definition) is 7. The first-order valence-corrected chi connectivity index (χ1v) is 13.5. The Balaban J connectivity index is 1.33. The number of aliphatic hydroxyl groups excluding tert-OH is 1. The number of nitrogens with two attached hydrogens (primary N) is 1. The van der Waals surface area contributed by atoms with Gasteiger partial charge in [-0.05, 0) is 36.8 Å². The van der Waals surface area contributed by atoms with Crippen molar-refractivity contribution in [3.05, 3.63) is 70.3 Å². The number of carbonyl (C=O) groups is 1. The number of urea groups is 1. The van der Waals surface area contributed by atoms with Crippen LogP contribution in [0.2, 0.25) is 10.0 Å². The van der Waals surface area contributed by atoms with Crippen molar-refractivity contribution in [3.63, 3.8) is 0 Å². The molecule has 0 radical (unpaired) electrons. The molecule has 12 heteroatoms. The van der Waals surface area contributed by atoms with Gasteiger partial charge in [0.2, 0.25) is 5.75 Å². The Bertz CT molecular complexity index is 1520. The number of halogens is 3. The first-order valence-electron chi connectivity index (χ1n) is 12.7. The lowest BCUT2D eigenvalue weighted by atomic mass is 10.1. The Morgan fingerprint density at radius 3 is 2.62 bits per heavy atom. The molecule has 2 amide bonds. The summed E-state index contributed by atoms with van der Waals surface area (Å²) in [6, 6.07) is 9.79. The summed E-state index contributed by atoms with van der Waals surface area (Å²) in [5.41, 5.74) is 9.02. The van der Waals surface area contributed by atoms with Crippen molar-refractivity contribution < 1.29 is 23.4 Å². The van der Waals surface area contributed by atoms with Crippen molar-refractivity contribution in [1.29, 1.82) is 0 Å². The summed E-state index contributed by atoms with van der Waals surface area (Å²) < 4.78 is 26.0. The molecule has 4 aromatic rings. The van der Waals surface area contributed by atoms with Crippen LogP contribution in [-0.4, -0.2) is 65.3 Å². The molecule has 0 saturated carbocycles. The number of nitrogens with zero attached hydrogens (tertiary/aromatic N) is 3. The quantitative estimate of drug-likeness (QED) is 0.234. The number of β-amino-alcohol motifs (C(OH)–C–C–N with tert-alkyl or cyclic N) is 1. The fourth-order valence-electron chi connectivity index (χ4n) is 4.72. The van der Waals surface area contributed by atoms with Crippen molar-refractivity contribution in [2.24, 2.45) is 0 Å². The van der Waals surface area contributed by atoms with E-state index in [4.69, 9.17) is 43.2 Å². The van der Waals surface area contributed by atoms with E-state index in [1.165, 1.54) is 12.1 Å². The maximum absolute atomic E-state index is 14.1. The predicted octanol–water partition coefficient (Wildman–Crippen LogP) is 5.80. The highest BCUT2D eigenvalue weighted by Gasteiger charge is 2.24. The summed E-state index contributed by atoms with van der Waals surface area (Å²) >= 11 is 12.4. The van der Waals surface area contributed by atoms with E-state index < -0.39 is 11.9 Å². The molecule has 1 fully saturated rings. The van der Waals surface area contributed by atoms with Gasteiger partial charge in [-0.1, -0.05) is 35.3 Å². The minimum atomic E-state index is -0.750. The average Bonchev–Trinajstić information content (AvgIpc) is 3.38. The van der Waals surface area contributed by atoms with Crippen LogP contribution in [-0.2, 0) is 0 Å². The minimum Gasteiger partial charge on any atom is -0.478 e. The average molecular weight is 588 g/mol. The second kappa shape index (κ2) is 11.9. The molecule has 0 unspecified atom stereocenters. The molecule has 0 aliphatic carbocycles. The van der Waals surface area contributed by atoms with Gasteiger partial charge in [0, 0.05) is 60.8 Å². The molecule has 210 valence electrons. The highest BCUT2D eigenvalue weighted by atomic mass is 35.5. The summed E-state index contributed by atoms with van der Waals surface area (Å²) in [5, 5.41) is 12.8. The maximum Gasteiger partial charge on any atom is 0.321 e. The standard InChI is InChI=1S/C28H28Cl2FN5O4/c1-16(23-21(29)6-7-22(31)24(23)30)40-26-25-19(14-33-27(26)32)20(15-39-25)17-2-4-18(5-3-17)34-28(38)36-10-8-35(9-11-36)12-13-37/h2-7,14-16,37H,8-13H2,1H3,(H2,32,33)(H,34,38)/t16-/m1/s1. The number of rotatable bonds is 7. The number of fused-ring (bicyclic) bond motifs is 1. The summed E-state index contributed by atoms with van der Waals surface area (Å²) in [6.07, 6.45) is 2.42. The van der Waals surface area contributed by atoms with E-state index >= 15 is 0 Å². The van der Waals surface area contributed by atoms with E-state index in [9.17, 15) is 9.18 Å². The van der Waals surface area contributed by atoms with Crippen LogP contribution in [0.5, 0.6) is 5.75 Å². The lowest BCUT2D eigenvalue weighted by molar-refractivity contribution is 0.127. The Kier molecular flexibility index (Phi) is 8.32. The molecule has 1 saturated heterocycles. The zero-order chi connectivity index (χ0) is 28.4. The van der Waals surface area contributed by atoms with Crippen LogP contribution in [0.4, 0.5) is 20.7 Å². The SMILES string of the molecule is C[C@@H](Oc1c(N)ncc2c(-c3ccc(NC(=O)N4CCN(CCO)CC4)cc3)coc12)c1c(Cl)ccc(F)c1Cl. The third-order valence-corrected chi connectivity index (χ3v) is 7.62. The molecule has 1 atom stereocenters. The fraction of sp³-hybridized carbons (Fsp3) is 0.286. The zero-order valence-electron chi connectivity index (χ0n) is 21.7. The van der Waals surface area contributed by atoms with Gasteiger partial charge < -0.3 is 30.2 Å². The maximum atomic E-state index is 14.1. The molecule has 4 N–H and O–H groups in total. The molecule has 2 aromatic carbocycles. The molecule has 1 aliphatic rings. The van der Waals surface area contributed by atoms with Gasteiger partial charge in [0.25, 0.3) is 0 Å². The van der Waals surface area contributed by atoms with E-state index in [1.54, 1.807) is 24.3 Å². The Morgan fingerprint density at radius 1 is 1.20 bits per heavy atom. The fourth-order valence-corrected chi connectivity index (χ4v) is 5.40. The van der Waals surface area contributed by atoms with Crippen LogP contribution in [0, 0.1) is 5.82 Å². The molecular formula is C28H28Cl2FN5O4. The van der Waals surface area contributed by atoms with E-state index in [1.807, 2.05) is 24.3 Å². The number of carbonyl (C=O) groups excluding carboxylic acids is 1. The second-order valence-corrected chi connectivity index (χ2v) is 10.2. The first kappa shape index (κ1) is 28.0. The van der Waals surface area contributed by atoms with E-state index in [2.05, 4.69) is 15.2 Å². The summed E-state index contributed by atoms with van der Waals surface area (Å²) in [4.78, 5) is 20.9. The molecule has 0 spiro atoms. The lowest BCUT2D eigenvalue weighted by Gasteiger charge is -2.34. The van der Waals surface area contributed by atoms with E-state index in [-0.39, 0.29) is 39.8 Å². The highest BCUT2D eigenvalue weighted by molar-refractivity contribution is 6.36. The normalized spacial score (nSPS) is 14.9. The monoisotopic (exact) mass is 587 g/mol. The lowest BCUT2D eigenvalue weighted by Crippen LogP contribution is -2.50. The number of benzene rings is 2. The summed E-state index contributed by atoms with van der Waals surface area (Å²) in [7, 11) is 0. The molecular weight excluding hydrogens is 560 g/mol. The molecule has 2 aromatic heterocycles. The Hall–Kier alpha value is -3.57. The predicted molar refractivity (Wildman–Crippen MR) is 153 cm³/mol. The molecule has 3 heterocycles. The number of hydrogen-bond donors (Lipinski definition) is 3. The highest BCUT2D eigenvalue weighted by Crippen LogP contribution is 2.41. The second-order valence-electron chi connectivity index (χ2n) is 9.44. The van der Waals surface area contributed by atoms with Gasteiger partial charge >= 0.3 is 6.03 Å². The van der Waals surface area contributed by atoms with Crippen LogP contribution in [0.3, 0.4) is 0 Å². The number of aromatic nitrogens is 1. The summed E-state index contributed by atoms with van der Waals surface area (Å²) in [5.74, 6) is -0.323. The number of pyridine rings is 1. The minimum absolute atomic E-state index is 0.0964. The van der Waals surface area contributed by atoms with Gasteiger partial charge in [0.15, 0.2) is 11.4 Å². The van der Waals surface area contributed by atoms with Gasteiger partial charge in [-0.2, -0.15) is 0 Å². The molecule has 1 aliphatic heterocycles. The summed E-state index contributed by atoms with van der Waals surface area (Å²) in [6.45, 7) is 5.06. The van der Waals surface area contributed by atoms with Crippen LogP contribution in [0.25, 0.3) is 22.1 Å². The van der Waals surface area contributed by atoms with Crippen LogP contribution in [0.1, 0.15) is 18.6 Å². The van der Waals surface area contributed by atoms with Crippen molar-refractivity contribution in [1.82, 2.24) is 14.8 Å². The number of nitrogen functional groups attached to an aromatic ring is 1. The van der Waals surface area contributed by atoms with Gasteiger partial charge in [-0.25, -0.2) is 14.2 Å². The van der Waals surface area contributed by atoms with Crippen molar-refractivity contribution >= 4 is 51.7 Å². The van der Waals surface area contributed by atoms with Gasteiger partial charge in [0.05, 0.1) is 23.3 Å². The van der Waals surface area contributed by atoms with Gasteiger partial charge in [-0.15, -0.1) is 0 Å². The molecule has 40 heavy (non-hydrogen) atoms. The van der Waals surface area contributed by atoms with E-state index in [0.717, 1.165) is 24.2 Å². The number of furan rings is 1. The third-order valence-electron chi connectivity index (χ3n) is 6.90. The number of piperazine rings is 1. The number of amides is 2. The van der Waals surface area contributed by atoms with E-state index in [0.29, 0.717) is 36.3 Å². The van der Waals surface area contributed by atoms with Crippen molar-refractivity contribution in [3.8, 4) is 16.9 Å². The zero-order valence-corrected chi connectivity index (χ0v) is 23.2. The van der Waals surface area contributed by atoms with Crippen molar-refractivity contribution in [2.45, 2.75) is 13.0 Å². The van der Waals surface area contributed by atoms with Crippen molar-refractivity contribution in [2.75, 3.05) is 50.4 Å². The topological polar surface area (TPSA) is 117 Å². The smallest absolute Gasteiger partial charge is 0.321 e. The van der Waals surface area contributed by atoms with Gasteiger partial charge in [0.1, 0.15) is 11.9 Å². The first-order chi connectivity index (χ1) is 19.3. The van der Waals surface area contributed by atoms with Gasteiger partial charge in [-0.3, -0.25) is 4.90 Å². The van der Waals surface area contributed by atoms with Crippen LogP contribution < -0.4 is 15.8 Å². The molecule has 5 rings (SSSR count).